The van der Waals surface area contributed by atoms with Crippen molar-refractivity contribution in [2.45, 2.75) is 33.6 Å². The second-order valence-electron chi connectivity index (χ2n) is 5.08. The molecule has 1 heterocycles. The Bertz CT molecular complexity index is 235. The number of rotatable bonds is 1. The highest BCUT2D eigenvalue weighted by Crippen LogP contribution is 2.33. The highest BCUT2D eigenvalue weighted by Gasteiger charge is 2.30. The Morgan fingerprint density at radius 1 is 1.50 bits per heavy atom. The maximum Gasteiger partial charge on any atom is 0.102 e. The van der Waals surface area contributed by atoms with Crippen LogP contribution in [-0.4, -0.2) is 24.3 Å². The van der Waals surface area contributed by atoms with E-state index in [1.165, 1.54) is 12.3 Å². The van der Waals surface area contributed by atoms with E-state index in [0.29, 0.717) is 5.41 Å². The van der Waals surface area contributed by atoms with Crippen molar-refractivity contribution in [1.29, 1.82) is 0 Å². The standard InChI is InChI=1S/C12H22N2/c1-6-14-9-10(12(2,3)4)7-8-11(14)13-5/h6,10H,1,7-9H2,2-5H3. The maximum absolute atomic E-state index is 4.29. The minimum absolute atomic E-state index is 0.389. The van der Waals surface area contributed by atoms with Crippen LogP contribution in [0.3, 0.4) is 0 Å². The smallest absolute Gasteiger partial charge is 0.102 e. The first kappa shape index (κ1) is 11.3. The van der Waals surface area contributed by atoms with E-state index in [2.05, 4.69) is 37.2 Å². The third kappa shape index (κ3) is 2.37. The highest BCUT2D eigenvalue weighted by molar-refractivity contribution is 5.83. The second kappa shape index (κ2) is 4.16. The molecule has 1 aliphatic rings. The molecule has 2 heteroatoms. The van der Waals surface area contributed by atoms with Crippen molar-refractivity contribution >= 4 is 5.84 Å². The first-order valence-electron chi connectivity index (χ1n) is 5.34. The van der Waals surface area contributed by atoms with Crippen LogP contribution in [0.15, 0.2) is 17.8 Å². The molecule has 0 saturated carbocycles. The molecule has 1 rings (SSSR count). The van der Waals surface area contributed by atoms with Crippen LogP contribution in [0, 0.1) is 11.3 Å². The molecule has 1 saturated heterocycles. The van der Waals surface area contributed by atoms with Crippen LogP contribution in [0.5, 0.6) is 0 Å². The maximum atomic E-state index is 4.29. The van der Waals surface area contributed by atoms with Crippen molar-refractivity contribution in [2.75, 3.05) is 13.6 Å². The van der Waals surface area contributed by atoms with E-state index in [1.54, 1.807) is 0 Å². The number of hydrogen-bond donors (Lipinski definition) is 0. The van der Waals surface area contributed by atoms with E-state index < -0.39 is 0 Å². The molecule has 0 amide bonds. The Morgan fingerprint density at radius 3 is 2.57 bits per heavy atom. The predicted octanol–water partition coefficient (Wildman–Crippen LogP) is 2.92. The molecule has 2 nitrogen and oxygen atoms in total. The molecule has 1 atom stereocenters. The number of likely N-dealkylation sites (tertiary alicyclic amines) is 1. The van der Waals surface area contributed by atoms with Crippen LogP contribution in [-0.2, 0) is 0 Å². The summed E-state index contributed by atoms with van der Waals surface area (Å²) in [7, 11) is 1.86. The molecule has 1 unspecified atom stereocenters. The molecule has 0 radical (unpaired) electrons. The first-order valence-corrected chi connectivity index (χ1v) is 5.34. The molecule has 14 heavy (non-hydrogen) atoms. The molecule has 1 aliphatic heterocycles. The largest absolute Gasteiger partial charge is 0.337 e. The Labute approximate surface area is 87.7 Å². The second-order valence-corrected chi connectivity index (χ2v) is 5.08. The summed E-state index contributed by atoms with van der Waals surface area (Å²) in [5.41, 5.74) is 0.389. The Hall–Kier alpha value is -0.790. The van der Waals surface area contributed by atoms with Gasteiger partial charge in [0.1, 0.15) is 5.84 Å². The summed E-state index contributed by atoms with van der Waals surface area (Å²) in [5.74, 6) is 1.92. The van der Waals surface area contributed by atoms with E-state index in [9.17, 15) is 0 Å². The number of piperidine rings is 1. The summed E-state index contributed by atoms with van der Waals surface area (Å²) in [6.07, 6.45) is 4.24. The lowest BCUT2D eigenvalue weighted by Crippen LogP contribution is -2.41. The van der Waals surface area contributed by atoms with E-state index in [4.69, 9.17) is 0 Å². The van der Waals surface area contributed by atoms with Gasteiger partial charge in [-0.15, -0.1) is 0 Å². The first-order chi connectivity index (χ1) is 6.49. The summed E-state index contributed by atoms with van der Waals surface area (Å²) in [6, 6.07) is 0. The van der Waals surface area contributed by atoms with E-state index >= 15 is 0 Å². The topological polar surface area (TPSA) is 15.6 Å². The third-order valence-corrected chi connectivity index (χ3v) is 3.17. The van der Waals surface area contributed by atoms with Crippen molar-refractivity contribution < 1.29 is 0 Å². The average Bonchev–Trinajstić information content (AvgIpc) is 2.15. The molecule has 0 aliphatic carbocycles. The average molecular weight is 194 g/mol. The minimum atomic E-state index is 0.389. The molecule has 0 bridgehead atoms. The van der Waals surface area contributed by atoms with Crippen molar-refractivity contribution in [3.8, 4) is 0 Å². The van der Waals surface area contributed by atoms with Gasteiger partial charge in [-0.3, -0.25) is 4.99 Å². The van der Waals surface area contributed by atoms with E-state index in [-0.39, 0.29) is 0 Å². The summed E-state index contributed by atoms with van der Waals surface area (Å²) < 4.78 is 0. The lowest BCUT2D eigenvalue weighted by Gasteiger charge is -2.39. The van der Waals surface area contributed by atoms with Crippen molar-refractivity contribution in [1.82, 2.24) is 4.90 Å². The minimum Gasteiger partial charge on any atom is -0.337 e. The SMILES string of the molecule is C=CN1CC(C(C)(C)C)CCC1=NC. The van der Waals surface area contributed by atoms with Gasteiger partial charge in [-0.05, 0) is 24.0 Å². The Morgan fingerprint density at radius 2 is 2.14 bits per heavy atom. The number of hydrogen-bond acceptors (Lipinski definition) is 1. The lowest BCUT2D eigenvalue weighted by molar-refractivity contribution is 0.182. The summed E-state index contributed by atoms with van der Waals surface area (Å²) >= 11 is 0. The van der Waals surface area contributed by atoms with Gasteiger partial charge in [0.15, 0.2) is 0 Å². The highest BCUT2D eigenvalue weighted by atomic mass is 15.2. The van der Waals surface area contributed by atoms with Crippen molar-refractivity contribution in [2.24, 2.45) is 16.3 Å². The fraction of sp³-hybridized carbons (Fsp3) is 0.750. The molecule has 1 fully saturated rings. The Balaban J connectivity index is 2.71. The van der Waals surface area contributed by atoms with Gasteiger partial charge in [-0.1, -0.05) is 27.4 Å². The molecule has 0 aromatic heterocycles. The van der Waals surface area contributed by atoms with Gasteiger partial charge in [0.2, 0.25) is 0 Å². The number of aliphatic imine (C=N–C) groups is 1. The van der Waals surface area contributed by atoms with Crippen LogP contribution in [0.1, 0.15) is 33.6 Å². The van der Waals surface area contributed by atoms with Crippen LogP contribution in [0.4, 0.5) is 0 Å². The molecular formula is C12H22N2. The molecule has 80 valence electrons. The molecule has 0 aromatic carbocycles. The zero-order chi connectivity index (χ0) is 10.8. The van der Waals surface area contributed by atoms with Crippen molar-refractivity contribution in [3.05, 3.63) is 12.8 Å². The molecular weight excluding hydrogens is 172 g/mol. The van der Waals surface area contributed by atoms with Crippen LogP contribution < -0.4 is 0 Å². The zero-order valence-electron chi connectivity index (χ0n) is 9.88. The molecule has 0 aromatic rings. The normalized spacial score (nSPS) is 26.7. The van der Waals surface area contributed by atoms with Crippen molar-refractivity contribution in [3.63, 3.8) is 0 Å². The number of amidine groups is 1. The van der Waals surface area contributed by atoms with E-state index in [0.717, 1.165) is 18.9 Å². The van der Waals surface area contributed by atoms with Gasteiger partial charge >= 0.3 is 0 Å². The predicted molar refractivity (Wildman–Crippen MR) is 62.4 cm³/mol. The van der Waals surface area contributed by atoms with Gasteiger partial charge in [0.05, 0.1) is 0 Å². The molecule has 0 spiro atoms. The van der Waals surface area contributed by atoms with Gasteiger partial charge < -0.3 is 4.90 Å². The monoisotopic (exact) mass is 194 g/mol. The van der Waals surface area contributed by atoms with Crippen LogP contribution >= 0.6 is 0 Å². The lowest BCUT2D eigenvalue weighted by atomic mass is 9.76. The van der Waals surface area contributed by atoms with Crippen LogP contribution in [0.2, 0.25) is 0 Å². The van der Waals surface area contributed by atoms with Gasteiger partial charge in [-0.2, -0.15) is 0 Å². The van der Waals surface area contributed by atoms with Gasteiger partial charge in [-0.25, -0.2) is 0 Å². The summed E-state index contributed by atoms with van der Waals surface area (Å²) in [5, 5.41) is 0. The number of nitrogens with zero attached hydrogens (tertiary/aromatic N) is 2. The Kier molecular flexibility index (Phi) is 3.35. The zero-order valence-corrected chi connectivity index (χ0v) is 9.88. The van der Waals surface area contributed by atoms with Crippen LogP contribution in [0.25, 0.3) is 0 Å². The summed E-state index contributed by atoms with van der Waals surface area (Å²) in [6.45, 7) is 11.9. The molecule has 0 N–H and O–H groups in total. The van der Waals surface area contributed by atoms with E-state index in [1.807, 2.05) is 13.2 Å². The summed E-state index contributed by atoms with van der Waals surface area (Å²) in [4.78, 5) is 6.48. The fourth-order valence-electron chi connectivity index (χ4n) is 2.01. The third-order valence-electron chi connectivity index (χ3n) is 3.17. The van der Waals surface area contributed by atoms with Gasteiger partial charge in [0, 0.05) is 20.0 Å². The van der Waals surface area contributed by atoms with Gasteiger partial charge in [0.25, 0.3) is 0 Å². The quantitative estimate of drug-likeness (QED) is 0.626. The fourth-order valence-corrected chi connectivity index (χ4v) is 2.01.